The van der Waals surface area contributed by atoms with E-state index in [0.717, 1.165) is 42.6 Å². The van der Waals surface area contributed by atoms with Gasteiger partial charge in [0.1, 0.15) is 29.2 Å². The molecular weight excluding hydrogens is 587 g/mol. The first-order chi connectivity index (χ1) is 21.7. The first-order valence-electron chi connectivity index (χ1n) is 15.4. The van der Waals surface area contributed by atoms with Crippen molar-refractivity contribution in [3.63, 3.8) is 0 Å². The summed E-state index contributed by atoms with van der Waals surface area (Å²) in [4.78, 5) is 33.3. The van der Waals surface area contributed by atoms with Gasteiger partial charge in [0.25, 0.3) is 5.91 Å². The Hall–Kier alpha value is -4.16. The lowest BCUT2D eigenvalue weighted by Crippen LogP contribution is -2.45. The average molecular weight is 622 g/mol. The molecular formula is C33H34F3N5O4. The highest BCUT2D eigenvalue weighted by Gasteiger charge is 2.58. The van der Waals surface area contributed by atoms with Crippen molar-refractivity contribution in [1.82, 2.24) is 20.1 Å². The Morgan fingerprint density at radius 2 is 1.89 bits per heavy atom. The van der Waals surface area contributed by atoms with Crippen LogP contribution in [0.15, 0.2) is 48.7 Å². The van der Waals surface area contributed by atoms with Crippen LogP contribution < -0.4 is 20.1 Å². The molecule has 1 saturated heterocycles. The molecule has 4 heterocycles. The number of anilines is 1. The van der Waals surface area contributed by atoms with Crippen molar-refractivity contribution in [1.29, 1.82) is 0 Å². The van der Waals surface area contributed by atoms with Crippen LogP contribution in [-0.2, 0) is 23.9 Å². The molecule has 236 valence electrons. The van der Waals surface area contributed by atoms with Crippen molar-refractivity contribution >= 4 is 17.6 Å². The third-order valence-electron chi connectivity index (χ3n) is 9.28. The Balaban J connectivity index is 0.988. The lowest BCUT2D eigenvalue weighted by Gasteiger charge is -2.34. The Labute approximate surface area is 258 Å². The van der Waals surface area contributed by atoms with Crippen molar-refractivity contribution < 1.29 is 32.2 Å². The first-order valence-corrected chi connectivity index (χ1v) is 15.4. The minimum atomic E-state index is -4.56. The minimum absolute atomic E-state index is 0.00347. The van der Waals surface area contributed by atoms with Crippen molar-refractivity contribution in [2.24, 2.45) is 5.92 Å². The van der Waals surface area contributed by atoms with Crippen molar-refractivity contribution in [3.8, 4) is 17.2 Å². The number of aromatic nitrogens is 1. The quantitative estimate of drug-likeness (QED) is 0.373. The number of hydrogen-bond donors (Lipinski definition) is 2. The fourth-order valence-electron chi connectivity index (χ4n) is 6.67. The number of hydrogen-bond acceptors (Lipinski definition) is 7. The standard InChI is InChI=1S/C33H34F3N5O4/c1-2-40-11-13-41(14-12-40)18-20-4-3-19(15-25(20)33(34,35)36)32(43)38-17-24-29-23-16-21(5-7-26(23)45-30(24)29)44-27-9-10-37-31-22(27)6-8-28(42)39-31/h3-5,7,9-10,15-16,24,29-30H,2,6,8,11-14,17-18H2,1H3,(H,38,43)(H,37,39,42). The SMILES string of the molecule is CCN1CCN(Cc2ccc(C(=O)NCC3C4Oc5ccc(Oc6ccnc7c6CCC(=O)N7)cc5C34)cc2C(F)(F)F)CC1. The monoisotopic (exact) mass is 621 g/mol. The minimum Gasteiger partial charge on any atom is -0.489 e. The van der Waals surface area contributed by atoms with Crippen molar-refractivity contribution in [2.45, 2.75) is 44.5 Å². The predicted octanol–water partition coefficient (Wildman–Crippen LogP) is 4.82. The van der Waals surface area contributed by atoms with E-state index in [2.05, 4.69) is 27.4 Å². The molecule has 4 aliphatic rings. The van der Waals surface area contributed by atoms with Crippen LogP contribution in [0.4, 0.5) is 19.0 Å². The molecule has 2 N–H and O–H groups in total. The zero-order valence-electron chi connectivity index (χ0n) is 24.8. The zero-order chi connectivity index (χ0) is 31.3. The number of piperazine rings is 1. The van der Waals surface area contributed by atoms with Gasteiger partial charge >= 0.3 is 6.18 Å². The van der Waals surface area contributed by atoms with Gasteiger partial charge in [-0.1, -0.05) is 13.0 Å². The molecule has 1 saturated carbocycles. The molecule has 45 heavy (non-hydrogen) atoms. The largest absolute Gasteiger partial charge is 0.489 e. The topological polar surface area (TPSA) is 96.0 Å². The van der Waals surface area contributed by atoms with Gasteiger partial charge in [-0.2, -0.15) is 13.2 Å². The molecule has 2 aromatic carbocycles. The van der Waals surface area contributed by atoms with Crippen LogP contribution in [-0.4, -0.2) is 72.0 Å². The summed E-state index contributed by atoms with van der Waals surface area (Å²) in [6.45, 7) is 6.56. The summed E-state index contributed by atoms with van der Waals surface area (Å²) in [5.41, 5.74) is 1.22. The molecule has 0 radical (unpaired) electrons. The molecule has 7 rings (SSSR count). The summed E-state index contributed by atoms with van der Waals surface area (Å²) in [7, 11) is 0. The molecule has 12 heteroatoms. The number of fused-ring (bicyclic) bond motifs is 4. The maximum absolute atomic E-state index is 14.0. The number of nitrogens with zero attached hydrogens (tertiary/aromatic N) is 3. The van der Waals surface area contributed by atoms with Crippen LogP contribution in [0.1, 0.15) is 51.9 Å². The van der Waals surface area contributed by atoms with Gasteiger partial charge in [0.05, 0.1) is 5.56 Å². The van der Waals surface area contributed by atoms with Crippen LogP contribution in [0.2, 0.25) is 0 Å². The van der Waals surface area contributed by atoms with E-state index in [1.54, 1.807) is 12.3 Å². The lowest BCUT2D eigenvalue weighted by molar-refractivity contribution is -0.138. The van der Waals surface area contributed by atoms with Crippen molar-refractivity contribution in [3.05, 3.63) is 76.5 Å². The number of carbonyl (C=O) groups is 2. The van der Waals surface area contributed by atoms with Gasteiger partial charge in [0.2, 0.25) is 5.91 Å². The van der Waals surface area contributed by atoms with E-state index in [-0.39, 0.29) is 48.1 Å². The molecule has 9 nitrogen and oxygen atoms in total. The maximum atomic E-state index is 14.0. The van der Waals surface area contributed by atoms with Gasteiger partial charge in [0, 0.05) is 80.4 Å². The van der Waals surface area contributed by atoms with Gasteiger partial charge in [-0.25, -0.2) is 4.98 Å². The second-order valence-electron chi connectivity index (χ2n) is 12.0. The highest BCUT2D eigenvalue weighted by Crippen LogP contribution is 2.58. The second-order valence-corrected chi connectivity index (χ2v) is 12.0. The van der Waals surface area contributed by atoms with E-state index in [0.29, 0.717) is 43.2 Å². The molecule has 3 aliphatic heterocycles. The van der Waals surface area contributed by atoms with Crippen LogP contribution >= 0.6 is 0 Å². The first kappa shape index (κ1) is 29.5. The lowest BCUT2D eigenvalue weighted by atomic mass is 10.0. The number of nitrogens with one attached hydrogen (secondary N) is 2. The molecule has 2 fully saturated rings. The van der Waals surface area contributed by atoms with E-state index in [1.807, 2.05) is 23.1 Å². The predicted molar refractivity (Wildman–Crippen MR) is 160 cm³/mol. The summed E-state index contributed by atoms with van der Waals surface area (Å²) in [5.74, 6) is 1.94. The third kappa shape index (κ3) is 5.96. The van der Waals surface area contributed by atoms with Gasteiger partial charge in [-0.05, 0) is 54.9 Å². The van der Waals surface area contributed by atoms with Gasteiger partial charge < -0.3 is 25.0 Å². The number of alkyl halides is 3. The number of pyridine rings is 1. The maximum Gasteiger partial charge on any atom is 0.416 e. The summed E-state index contributed by atoms with van der Waals surface area (Å²) < 4.78 is 54.4. The Morgan fingerprint density at radius 1 is 1.09 bits per heavy atom. The Morgan fingerprint density at radius 3 is 2.67 bits per heavy atom. The molecule has 0 spiro atoms. The van der Waals surface area contributed by atoms with Crippen molar-refractivity contribution in [2.75, 3.05) is 44.6 Å². The number of likely N-dealkylation sites (N-methyl/N-ethyl adjacent to an activating group) is 1. The van der Waals surface area contributed by atoms with Gasteiger partial charge in [0.15, 0.2) is 0 Å². The zero-order valence-corrected chi connectivity index (χ0v) is 24.8. The highest BCUT2D eigenvalue weighted by atomic mass is 19.4. The molecule has 3 unspecified atom stereocenters. The number of rotatable bonds is 8. The number of benzene rings is 2. The summed E-state index contributed by atoms with van der Waals surface area (Å²) in [6.07, 6.45) is -2.19. The summed E-state index contributed by atoms with van der Waals surface area (Å²) in [5, 5.41) is 5.60. The van der Waals surface area contributed by atoms with E-state index in [9.17, 15) is 22.8 Å². The van der Waals surface area contributed by atoms with E-state index in [4.69, 9.17) is 9.47 Å². The van der Waals surface area contributed by atoms with Gasteiger partial charge in [-0.15, -0.1) is 0 Å². The summed E-state index contributed by atoms with van der Waals surface area (Å²) >= 11 is 0. The third-order valence-corrected chi connectivity index (χ3v) is 9.28. The van der Waals surface area contributed by atoms with Gasteiger partial charge in [-0.3, -0.25) is 14.5 Å². The van der Waals surface area contributed by atoms with E-state index < -0.39 is 17.6 Å². The second kappa shape index (κ2) is 11.6. The van der Waals surface area contributed by atoms with E-state index in [1.165, 1.54) is 12.1 Å². The fourth-order valence-corrected chi connectivity index (χ4v) is 6.67. The normalized spacial score (nSPS) is 22.5. The van der Waals surface area contributed by atoms with Crippen LogP contribution in [0.3, 0.4) is 0 Å². The fraction of sp³-hybridized carbons (Fsp3) is 0.424. The molecule has 2 amide bonds. The van der Waals surface area contributed by atoms with E-state index >= 15 is 0 Å². The van der Waals surface area contributed by atoms with Crippen LogP contribution in [0, 0.1) is 5.92 Å². The highest BCUT2D eigenvalue weighted by molar-refractivity contribution is 5.94. The Bertz CT molecular complexity index is 1640. The van der Waals surface area contributed by atoms with Crippen LogP contribution in [0.5, 0.6) is 17.2 Å². The Kier molecular flexibility index (Phi) is 7.65. The number of carbonyl (C=O) groups excluding carboxylic acids is 2. The molecule has 1 aliphatic carbocycles. The smallest absolute Gasteiger partial charge is 0.416 e. The number of ether oxygens (including phenoxy) is 2. The molecule has 1 aromatic heterocycles. The summed E-state index contributed by atoms with van der Waals surface area (Å²) in [6, 6.07) is 11.3. The van der Waals surface area contributed by atoms with Crippen LogP contribution in [0.25, 0.3) is 0 Å². The average Bonchev–Trinajstić information content (AvgIpc) is 3.58. The number of halogens is 3. The number of amides is 2. The molecule has 3 aromatic rings. The molecule has 3 atom stereocenters. The molecule has 0 bridgehead atoms.